The molecule has 0 heterocycles. The van der Waals surface area contributed by atoms with E-state index in [1.165, 1.54) is 4.90 Å². The molecule has 4 N–H and O–H groups in total. The fourth-order valence-corrected chi connectivity index (χ4v) is 4.88. The van der Waals surface area contributed by atoms with Gasteiger partial charge in [0.1, 0.15) is 17.7 Å². The molecule has 1 aromatic carbocycles. The number of nitrogens with one attached hydrogen (secondary N) is 2. The zero-order chi connectivity index (χ0) is 29.0. The molecule has 1 aliphatic carbocycles. The van der Waals surface area contributed by atoms with Crippen LogP contribution in [0.25, 0.3) is 0 Å². The monoisotopic (exact) mass is 544 g/mol. The van der Waals surface area contributed by atoms with Gasteiger partial charge in [0.05, 0.1) is 6.42 Å². The first kappa shape index (κ1) is 32.1. The number of nitrogens with two attached hydrogens (primary N) is 1. The smallest absolute Gasteiger partial charge is 0.408 e. The van der Waals surface area contributed by atoms with E-state index in [2.05, 4.69) is 17.6 Å². The van der Waals surface area contributed by atoms with E-state index in [4.69, 9.17) is 10.5 Å². The first-order valence-electron chi connectivity index (χ1n) is 14.4. The van der Waals surface area contributed by atoms with Crippen LogP contribution in [0.1, 0.15) is 109 Å². The van der Waals surface area contributed by atoms with E-state index < -0.39 is 42.0 Å². The molecule has 0 spiro atoms. The van der Waals surface area contributed by atoms with Gasteiger partial charge in [-0.2, -0.15) is 0 Å². The normalized spacial score (nSPS) is 15.6. The number of primary amides is 1. The van der Waals surface area contributed by atoms with Gasteiger partial charge in [0.15, 0.2) is 0 Å². The molecule has 0 aromatic heterocycles. The fraction of sp³-hybridized carbons (Fsp3) is 0.667. The number of rotatable bonds is 13. The molecule has 1 saturated carbocycles. The summed E-state index contributed by atoms with van der Waals surface area (Å²) in [6.07, 6.45) is 7.40. The SMILES string of the molecule is CCCCCCN(C(=O)C(CC(N)=O)NC(=O)OC(C)(C)C)C(C(=O)NC1CCCCC1)c1ccc(C)cc1. The number of benzene rings is 1. The third-order valence-corrected chi connectivity index (χ3v) is 6.83. The summed E-state index contributed by atoms with van der Waals surface area (Å²) in [4.78, 5) is 54.0. The van der Waals surface area contributed by atoms with E-state index in [-0.39, 0.29) is 11.9 Å². The first-order valence-corrected chi connectivity index (χ1v) is 14.4. The summed E-state index contributed by atoms with van der Waals surface area (Å²) in [6, 6.07) is 5.41. The zero-order valence-electron chi connectivity index (χ0n) is 24.4. The van der Waals surface area contributed by atoms with E-state index >= 15 is 0 Å². The lowest BCUT2D eigenvalue weighted by Gasteiger charge is -2.35. The van der Waals surface area contributed by atoms with Crippen molar-refractivity contribution in [3.8, 4) is 0 Å². The van der Waals surface area contributed by atoms with E-state index in [0.29, 0.717) is 18.5 Å². The third-order valence-electron chi connectivity index (χ3n) is 6.83. The first-order chi connectivity index (χ1) is 18.4. The number of nitrogens with zero attached hydrogens (tertiary/aromatic N) is 1. The Bertz CT molecular complexity index is 951. The molecule has 39 heavy (non-hydrogen) atoms. The van der Waals surface area contributed by atoms with E-state index in [9.17, 15) is 19.2 Å². The lowest BCUT2D eigenvalue weighted by Crippen LogP contribution is -2.55. The van der Waals surface area contributed by atoms with E-state index in [1.807, 2.05) is 31.2 Å². The Labute approximate surface area is 233 Å². The average molecular weight is 545 g/mol. The average Bonchev–Trinajstić information content (AvgIpc) is 2.85. The van der Waals surface area contributed by atoms with E-state index in [1.54, 1.807) is 20.8 Å². The van der Waals surface area contributed by atoms with Gasteiger partial charge in [0.25, 0.3) is 0 Å². The Balaban J connectivity index is 2.45. The van der Waals surface area contributed by atoms with Gasteiger partial charge in [-0.15, -0.1) is 0 Å². The molecule has 0 saturated heterocycles. The van der Waals surface area contributed by atoms with Crippen LogP contribution in [0.15, 0.2) is 24.3 Å². The minimum Gasteiger partial charge on any atom is -0.444 e. The van der Waals surface area contributed by atoms with Crippen molar-refractivity contribution in [2.45, 2.75) is 123 Å². The number of hydrogen-bond acceptors (Lipinski definition) is 5. The van der Waals surface area contributed by atoms with Gasteiger partial charge in [-0.1, -0.05) is 75.3 Å². The second kappa shape index (κ2) is 15.5. The van der Waals surface area contributed by atoms with Gasteiger partial charge in [-0.25, -0.2) is 4.79 Å². The minimum atomic E-state index is -1.26. The molecular formula is C30H48N4O5. The highest BCUT2D eigenvalue weighted by molar-refractivity contribution is 5.94. The van der Waals surface area contributed by atoms with Gasteiger partial charge in [0.2, 0.25) is 17.7 Å². The van der Waals surface area contributed by atoms with E-state index in [0.717, 1.165) is 56.9 Å². The van der Waals surface area contributed by atoms with Gasteiger partial charge in [0, 0.05) is 12.6 Å². The van der Waals surface area contributed by atoms with Crippen LogP contribution < -0.4 is 16.4 Å². The second-order valence-corrected chi connectivity index (χ2v) is 11.6. The summed E-state index contributed by atoms with van der Waals surface area (Å²) in [5.74, 6) is -1.54. The maximum Gasteiger partial charge on any atom is 0.408 e. The van der Waals surface area contributed by atoms with Crippen molar-refractivity contribution in [1.29, 1.82) is 0 Å². The van der Waals surface area contributed by atoms with Crippen LogP contribution in [-0.4, -0.2) is 52.9 Å². The summed E-state index contributed by atoms with van der Waals surface area (Å²) in [5, 5.41) is 5.72. The maximum atomic E-state index is 14.1. The highest BCUT2D eigenvalue weighted by Crippen LogP contribution is 2.26. The third kappa shape index (κ3) is 11.3. The summed E-state index contributed by atoms with van der Waals surface area (Å²) < 4.78 is 5.35. The maximum absolute atomic E-state index is 14.1. The predicted octanol–water partition coefficient (Wildman–Crippen LogP) is 4.66. The molecule has 1 fully saturated rings. The Morgan fingerprint density at radius 1 is 1.03 bits per heavy atom. The number of carbonyl (C=O) groups is 4. The van der Waals surface area contributed by atoms with Crippen molar-refractivity contribution >= 4 is 23.8 Å². The number of alkyl carbamates (subject to hydrolysis) is 1. The Hall–Kier alpha value is -3.10. The van der Waals surface area contributed by atoms with Crippen LogP contribution >= 0.6 is 0 Å². The van der Waals surface area contributed by atoms with Crippen LogP contribution in [0.2, 0.25) is 0 Å². The lowest BCUT2D eigenvalue weighted by molar-refractivity contribution is -0.143. The molecule has 4 amide bonds. The topological polar surface area (TPSA) is 131 Å². The van der Waals surface area contributed by atoms with Crippen molar-refractivity contribution < 1.29 is 23.9 Å². The zero-order valence-corrected chi connectivity index (χ0v) is 24.4. The number of aryl methyl sites for hydroxylation is 1. The molecule has 218 valence electrons. The summed E-state index contributed by atoms with van der Waals surface area (Å²) in [6.45, 7) is 9.48. The van der Waals surface area contributed by atoms with Crippen LogP contribution in [-0.2, 0) is 19.1 Å². The molecule has 2 rings (SSSR count). The summed E-state index contributed by atoms with van der Waals surface area (Å²) in [7, 11) is 0. The number of unbranched alkanes of at least 4 members (excludes halogenated alkanes) is 3. The van der Waals surface area contributed by atoms with Gasteiger partial charge >= 0.3 is 6.09 Å². The predicted molar refractivity (Wildman–Crippen MR) is 152 cm³/mol. The van der Waals surface area contributed by atoms with Gasteiger partial charge in [-0.3, -0.25) is 14.4 Å². The molecule has 0 bridgehead atoms. The van der Waals surface area contributed by atoms with Crippen LogP contribution in [0.4, 0.5) is 4.79 Å². The van der Waals surface area contributed by atoms with Gasteiger partial charge in [-0.05, 0) is 52.5 Å². The summed E-state index contributed by atoms with van der Waals surface area (Å²) >= 11 is 0. The number of carbonyl (C=O) groups excluding carboxylic acids is 4. The van der Waals surface area contributed by atoms with Crippen LogP contribution in [0, 0.1) is 6.92 Å². The molecule has 9 nitrogen and oxygen atoms in total. The molecule has 0 aliphatic heterocycles. The Kier molecular flexibility index (Phi) is 12.7. The molecule has 2 atom stereocenters. The van der Waals surface area contributed by atoms with Crippen molar-refractivity contribution in [2.75, 3.05) is 6.54 Å². The Morgan fingerprint density at radius 3 is 2.23 bits per heavy atom. The Morgan fingerprint density at radius 2 is 1.67 bits per heavy atom. The fourth-order valence-electron chi connectivity index (χ4n) is 4.88. The molecular weight excluding hydrogens is 496 g/mol. The van der Waals surface area contributed by atoms with Crippen molar-refractivity contribution in [1.82, 2.24) is 15.5 Å². The number of ether oxygens (including phenoxy) is 1. The minimum absolute atomic E-state index is 0.0533. The standard InChI is InChI=1S/C30H48N4O5/c1-6-7-8-12-19-34(28(37)24(20-25(31)35)33-29(38)39-30(3,4)5)26(22-17-15-21(2)16-18-22)27(36)32-23-13-10-9-11-14-23/h15-18,23-24,26H,6-14,19-20H2,1-5H3,(H2,31,35)(H,32,36)(H,33,38). The molecule has 0 radical (unpaired) electrons. The van der Waals surface area contributed by atoms with Crippen LogP contribution in [0.5, 0.6) is 0 Å². The quantitative estimate of drug-likeness (QED) is 0.311. The largest absolute Gasteiger partial charge is 0.444 e. The number of hydrogen-bond donors (Lipinski definition) is 3. The van der Waals surface area contributed by atoms with Crippen molar-refractivity contribution in [3.05, 3.63) is 35.4 Å². The molecule has 1 aromatic rings. The molecule has 2 unspecified atom stereocenters. The lowest BCUT2D eigenvalue weighted by atomic mass is 9.94. The highest BCUT2D eigenvalue weighted by Gasteiger charge is 2.37. The molecule has 9 heteroatoms. The van der Waals surface area contributed by atoms with Crippen molar-refractivity contribution in [3.63, 3.8) is 0 Å². The molecule has 1 aliphatic rings. The van der Waals surface area contributed by atoms with Crippen LogP contribution in [0.3, 0.4) is 0 Å². The number of amides is 4. The summed E-state index contributed by atoms with van der Waals surface area (Å²) in [5.41, 5.74) is 6.39. The highest BCUT2D eigenvalue weighted by atomic mass is 16.6. The second-order valence-electron chi connectivity index (χ2n) is 11.6. The van der Waals surface area contributed by atoms with Gasteiger partial charge < -0.3 is 26.0 Å². The van der Waals surface area contributed by atoms with Crippen molar-refractivity contribution in [2.24, 2.45) is 5.73 Å².